The van der Waals surface area contributed by atoms with Gasteiger partial charge in [-0.15, -0.1) is 0 Å². The number of amides is 1. The van der Waals surface area contributed by atoms with Crippen molar-refractivity contribution in [1.29, 1.82) is 0 Å². The van der Waals surface area contributed by atoms with Gasteiger partial charge in [0.2, 0.25) is 0 Å². The second kappa shape index (κ2) is 6.85. The lowest BCUT2D eigenvalue weighted by molar-refractivity contribution is -0.119. The van der Waals surface area contributed by atoms with Crippen molar-refractivity contribution in [3.8, 4) is 0 Å². The van der Waals surface area contributed by atoms with Gasteiger partial charge in [0.05, 0.1) is 5.56 Å². The number of hydrogen-bond acceptors (Lipinski definition) is 3. The standard InChI is InChI=1S/C15H11ClFNO3/c16-10-5-7-11(8-6-10)18-14(19)9-21-15(20)12-3-1-2-4-13(12)17/h1-8H,9H2,(H,18,19). The first-order valence-electron chi connectivity index (χ1n) is 6.03. The molecule has 0 spiro atoms. The molecule has 0 aromatic heterocycles. The van der Waals surface area contributed by atoms with Gasteiger partial charge in [-0.2, -0.15) is 0 Å². The van der Waals surface area contributed by atoms with Crippen molar-refractivity contribution in [2.75, 3.05) is 11.9 Å². The maximum Gasteiger partial charge on any atom is 0.341 e. The third-order valence-corrected chi connectivity index (χ3v) is 2.81. The Morgan fingerprint density at radius 3 is 2.43 bits per heavy atom. The fourth-order valence-electron chi connectivity index (χ4n) is 1.57. The first kappa shape index (κ1) is 15.0. The summed E-state index contributed by atoms with van der Waals surface area (Å²) in [5, 5.41) is 3.06. The molecule has 4 nitrogen and oxygen atoms in total. The molecular weight excluding hydrogens is 297 g/mol. The van der Waals surface area contributed by atoms with Crippen LogP contribution in [0.1, 0.15) is 10.4 Å². The Balaban J connectivity index is 1.88. The molecule has 2 rings (SSSR count). The number of hydrogen-bond donors (Lipinski definition) is 1. The van der Waals surface area contributed by atoms with Crippen LogP contribution in [0.5, 0.6) is 0 Å². The third-order valence-electron chi connectivity index (χ3n) is 2.56. The highest BCUT2D eigenvalue weighted by molar-refractivity contribution is 6.30. The fraction of sp³-hybridized carbons (Fsp3) is 0.0667. The molecule has 0 saturated carbocycles. The van der Waals surface area contributed by atoms with E-state index < -0.39 is 24.3 Å². The van der Waals surface area contributed by atoms with Gasteiger partial charge in [-0.05, 0) is 36.4 Å². The minimum Gasteiger partial charge on any atom is -0.452 e. The summed E-state index contributed by atoms with van der Waals surface area (Å²) in [6, 6.07) is 11.8. The number of ether oxygens (including phenoxy) is 1. The van der Waals surface area contributed by atoms with E-state index in [0.717, 1.165) is 6.07 Å². The van der Waals surface area contributed by atoms with Crippen LogP contribution in [0, 0.1) is 5.82 Å². The van der Waals surface area contributed by atoms with E-state index in [1.165, 1.54) is 18.2 Å². The maximum absolute atomic E-state index is 13.3. The Labute approximate surface area is 125 Å². The topological polar surface area (TPSA) is 55.4 Å². The summed E-state index contributed by atoms with van der Waals surface area (Å²) >= 11 is 5.72. The molecule has 0 radical (unpaired) electrons. The molecule has 108 valence electrons. The monoisotopic (exact) mass is 307 g/mol. The number of rotatable bonds is 4. The van der Waals surface area contributed by atoms with Gasteiger partial charge in [-0.25, -0.2) is 9.18 Å². The van der Waals surface area contributed by atoms with Crippen molar-refractivity contribution in [2.24, 2.45) is 0 Å². The summed E-state index contributed by atoms with van der Waals surface area (Å²) in [4.78, 5) is 23.2. The number of carbonyl (C=O) groups excluding carboxylic acids is 2. The highest BCUT2D eigenvalue weighted by Gasteiger charge is 2.14. The molecule has 0 saturated heterocycles. The van der Waals surface area contributed by atoms with E-state index in [4.69, 9.17) is 16.3 Å². The van der Waals surface area contributed by atoms with Gasteiger partial charge in [0, 0.05) is 10.7 Å². The van der Waals surface area contributed by atoms with Crippen molar-refractivity contribution in [2.45, 2.75) is 0 Å². The van der Waals surface area contributed by atoms with E-state index in [-0.39, 0.29) is 5.56 Å². The van der Waals surface area contributed by atoms with Crippen LogP contribution in [0.3, 0.4) is 0 Å². The quantitative estimate of drug-likeness (QED) is 0.882. The van der Waals surface area contributed by atoms with Crippen molar-refractivity contribution < 1.29 is 18.7 Å². The minimum atomic E-state index is -0.889. The average Bonchev–Trinajstić information content (AvgIpc) is 2.48. The zero-order chi connectivity index (χ0) is 15.2. The smallest absolute Gasteiger partial charge is 0.341 e. The molecule has 0 unspecified atom stereocenters. The maximum atomic E-state index is 13.3. The molecule has 0 bridgehead atoms. The molecule has 1 N–H and O–H groups in total. The molecule has 2 aromatic rings. The van der Waals surface area contributed by atoms with Gasteiger partial charge in [-0.3, -0.25) is 4.79 Å². The Bertz CT molecular complexity index is 658. The second-order valence-electron chi connectivity index (χ2n) is 4.11. The van der Waals surface area contributed by atoms with Crippen LogP contribution in [-0.4, -0.2) is 18.5 Å². The lowest BCUT2D eigenvalue weighted by Gasteiger charge is -2.07. The van der Waals surface area contributed by atoms with Crippen LogP contribution < -0.4 is 5.32 Å². The first-order valence-corrected chi connectivity index (χ1v) is 6.41. The SMILES string of the molecule is O=C(COC(=O)c1ccccc1F)Nc1ccc(Cl)cc1. The largest absolute Gasteiger partial charge is 0.452 e. The van der Waals surface area contributed by atoms with Gasteiger partial charge in [0.1, 0.15) is 5.82 Å². The zero-order valence-corrected chi connectivity index (χ0v) is 11.6. The van der Waals surface area contributed by atoms with Crippen molar-refractivity contribution in [3.05, 3.63) is 64.9 Å². The highest BCUT2D eigenvalue weighted by Crippen LogP contribution is 2.13. The predicted octanol–water partition coefficient (Wildman–Crippen LogP) is 3.27. The molecule has 0 aliphatic heterocycles. The molecule has 1 amide bonds. The van der Waals surface area contributed by atoms with Gasteiger partial charge in [-0.1, -0.05) is 23.7 Å². The van der Waals surface area contributed by atoms with E-state index in [1.807, 2.05) is 0 Å². The minimum absolute atomic E-state index is 0.211. The Morgan fingerprint density at radius 2 is 1.76 bits per heavy atom. The Kier molecular flexibility index (Phi) is 4.90. The molecular formula is C15H11ClFNO3. The van der Waals surface area contributed by atoms with Gasteiger partial charge in [0.25, 0.3) is 5.91 Å². The van der Waals surface area contributed by atoms with Crippen LogP contribution in [0.4, 0.5) is 10.1 Å². The van der Waals surface area contributed by atoms with Gasteiger partial charge in [0.15, 0.2) is 6.61 Å². The summed E-state index contributed by atoms with van der Waals surface area (Å²) < 4.78 is 18.1. The van der Waals surface area contributed by atoms with E-state index in [2.05, 4.69) is 5.32 Å². The fourth-order valence-corrected chi connectivity index (χ4v) is 1.69. The summed E-state index contributed by atoms with van der Waals surface area (Å²) in [5.41, 5.74) is 0.308. The molecule has 21 heavy (non-hydrogen) atoms. The molecule has 0 atom stereocenters. The number of carbonyl (C=O) groups is 2. The Morgan fingerprint density at radius 1 is 1.10 bits per heavy atom. The van der Waals surface area contributed by atoms with E-state index >= 15 is 0 Å². The molecule has 6 heteroatoms. The lowest BCUT2D eigenvalue weighted by atomic mass is 10.2. The molecule has 0 aliphatic rings. The molecule has 0 heterocycles. The normalized spacial score (nSPS) is 10.0. The number of halogens is 2. The van der Waals surface area contributed by atoms with Crippen LogP contribution in [0.15, 0.2) is 48.5 Å². The van der Waals surface area contributed by atoms with E-state index in [0.29, 0.717) is 10.7 Å². The third kappa shape index (κ3) is 4.29. The number of benzene rings is 2. The summed E-state index contributed by atoms with van der Waals surface area (Å²) in [6.45, 7) is -0.504. The molecule has 0 fully saturated rings. The number of nitrogens with one attached hydrogen (secondary N) is 1. The zero-order valence-electron chi connectivity index (χ0n) is 10.8. The number of anilines is 1. The van der Waals surface area contributed by atoms with Crippen LogP contribution in [-0.2, 0) is 9.53 Å². The highest BCUT2D eigenvalue weighted by atomic mass is 35.5. The second-order valence-corrected chi connectivity index (χ2v) is 4.55. The summed E-state index contributed by atoms with van der Waals surface area (Å²) in [5.74, 6) is -2.11. The lowest BCUT2D eigenvalue weighted by Crippen LogP contribution is -2.21. The van der Waals surface area contributed by atoms with Crippen LogP contribution >= 0.6 is 11.6 Å². The molecule has 2 aromatic carbocycles. The predicted molar refractivity (Wildman–Crippen MR) is 76.8 cm³/mol. The Hall–Kier alpha value is -2.40. The average molecular weight is 308 g/mol. The molecule has 0 aliphatic carbocycles. The van der Waals surface area contributed by atoms with Crippen LogP contribution in [0.2, 0.25) is 5.02 Å². The van der Waals surface area contributed by atoms with Gasteiger partial charge >= 0.3 is 5.97 Å². The summed E-state index contributed by atoms with van der Waals surface area (Å²) in [7, 11) is 0. The van der Waals surface area contributed by atoms with Crippen molar-refractivity contribution in [3.63, 3.8) is 0 Å². The number of esters is 1. The van der Waals surface area contributed by atoms with Crippen molar-refractivity contribution in [1.82, 2.24) is 0 Å². The van der Waals surface area contributed by atoms with E-state index in [1.54, 1.807) is 24.3 Å². The first-order chi connectivity index (χ1) is 10.1. The van der Waals surface area contributed by atoms with Gasteiger partial charge < -0.3 is 10.1 Å². The van der Waals surface area contributed by atoms with Crippen molar-refractivity contribution >= 4 is 29.2 Å². The van der Waals surface area contributed by atoms with E-state index in [9.17, 15) is 14.0 Å². The van der Waals surface area contributed by atoms with Crippen LogP contribution in [0.25, 0.3) is 0 Å². The summed E-state index contributed by atoms with van der Waals surface area (Å²) in [6.07, 6.45) is 0.